The summed E-state index contributed by atoms with van der Waals surface area (Å²) in [6, 6.07) is 0. The monoisotopic (exact) mass is 168 g/mol. The average molecular weight is 168 g/mol. The zero-order chi connectivity index (χ0) is 7.97. The second-order valence-electron chi connectivity index (χ2n) is 2.49. The summed E-state index contributed by atoms with van der Waals surface area (Å²) in [5.74, 6) is 1.43. The second-order valence-corrected chi connectivity index (χ2v) is 2.49. The molecule has 0 aromatic carbocycles. The molecule has 1 unspecified atom stereocenters. The summed E-state index contributed by atoms with van der Waals surface area (Å²) in [5, 5.41) is 0. The molecule has 0 saturated heterocycles. The van der Waals surface area contributed by atoms with Gasteiger partial charge in [-0.25, -0.2) is 9.15 Å². The first kappa shape index (κ1) is 5.82. The van der Waals surface area contributed by atoms with Crippen molar-refractivity contribution in [2.45, 2.75) is 5.92 Å². The fraction of sp³-hybridized carbons (Fsp3) is 0.143. The molecular weight excluding hydrogens is 164 g/mol. The van der Waals surface area contributed by atoms with Crippen molar-refractivity contribution in [3.8, 4) is 5.95 Å². The Bertz CT molecular complexity index is 395. The van der Waals surface area contributed by atoms with E-state index in [9.17, 15) is 0 Å². The number of fused-ring (bicyclic) bond motifs is 3. The molecule has 0 radical (unpaired) electrons. The van der Waals surface area contributed by atoms with Gasteiger partial charge >= 0.3 is 5.95 Å². The van der Waals surface area contributed by atoms with E-state index in [0.29, 0.717) is 5.76 Å². The Kier molecular flexibility index (Phi) is 0.910. The molecule has 1 aromatic rings. The molecular formula is C7H4O5. The Balaban J connectivity index is 2.22. The number of hydrogen-bond donors (Lipinski definition) is 0. The lowest BCUT2D eigenvalue weighted by molar-refractivity contribution is -0.317. The van der Waals surface area contributed by atoms with Gasteiger partial charge in [-0.1, -0.05) is 12.2 Å². The van der Waals surface area contributed by atoms with E-state index in [0.717, 1.165) is 5.76 Å². The van der Waals surface area contributed by atoms with Crippen LogP contribution < -0.4 is 4.74 Å². The lowest BCUT2D eigenvalue weighted by atomic mass is 10.1. The number of allylic oxidation sites excluding steroid dienone is 3. The van der Waals surface area contributed by atoms with E-state index >= 15 is 0 Å². The molecule has 62 valence electrons. The molecule has 2 aliphatic rings. The lowest BCUT2D eigenvalue weighted by Crippen LogP contribution is -1.89. The third-order valence-corrected chi connectivity index (χ3v) is 1.83. The van der Waals surface area contributed by atoms with E-state index in [2.05, 4.69) is 14.0 Å². The Morgan fingerprint density at radius 1 is 1.17 bits per heavy atom. The lowest BCUT2D eigenvalue weighted by Gasteiger charge is -1.93. The van der Waals surface area contributed by atoms with Gasteiger partial charge in [0.05, 0.1) is 0 Å². The van der Waals surface area contributed by atoms with Crippen LogP contribution in [0.25, 0.3) is 0 Å². The fourth-order valence-electron chi connectivity index (χ4n) is 1.30. The molecule has 0 spiro atoms. The van der Waals surface area contributed by atoms with Crippen LogP contribution in [0.3, 0.4) is 0 Å². The predicted octanol–water partition coefficient (Wildman–Crippen LogP) is 2.11. The summed E-state index contributed by atoms with van der Waals surface area (Å²) < 4.78 is 22.8. The molecule has 5 nitrogen and oxygen atoms in total. The van der Waals surface area contributed by atoms with E-state index in [1.807, 2.05) is 18.2 Å². The van der Waals surface area contributed by atoms with Crippen molar-refractivity contribution in [1.29, 1.82) is 0 Å². The van der Waals surface area contributed by atoms with Crippen LogP contribution in [-0.2, 0) is 0 Å². The van der Waals surface area contributed by atoms with E-state index in [1.165, 1.54) is 0 Å². The van der Waals surface area contributed by atoms with Crippen LogP contribution in [0.5, 0.6) is 5.95 Å². The molecule has 0 N–H and O–H groups in total. The highest BCUT2D eigenvalue weighted by molar-refractivity contribution is 5.42. The van der Waals surface area contributed by atoms with Gasteiger partial charge in [0.25, 0.3) is 5.76 Å². The molecule has 1 aliphatic heterocycles. The second kappa shape index (κ2) is 1.88. The summed E-state index contributed by atoms with van der Waals surface area (Å²) >= 11 is 0. The first-order chi connectivity index (χ1) is 5.95. The van der Waals surface area contributed by atoms with Gasteiger partial charge in [-0.15, -0.1) is 0 Å². The SMILES string of the molecule is C1=CC2C(=C1)Oc1ooooc12. The van der Waals surface area contributed by atoms with Gasteiger partial charge in [0.15, 0.2) is 0 Å². The third kappa shape index (κ3) is 0.578. The van der Waals surface area contributed by atoms with Gasteiger partial charge in [0.2, 0.25) is 0 Å². The zero-order valence-electron chi connectivity index (χ0n) is 5.85. The number of ether oxygens (including phenoxy) is 1. The average Bonchev–Trinajstić information content (AvgIpc) is 2.62. The Morgan fingerprint density at radius 2 is 2.08 bits per heavy atom. The Morgan fingerprint density at radius 3 is 3.08 bits per heavy atom. The Labute approximate surface area is 66.0 Å². The van der Waals surface area contributed by atoms with Crippen LogP contribution in [-0.4, -0.2) is 0 Å². The molecule has 3 rings (SSSR count). The molecule has 2 heterocycles. The number of rotatable bonds is 0. The minimum atomic E-state index is -0.0242. The first-order valence-electron chi connectivity index (χ1n) is 3.43. The summed E-state index contributed by atoms with van der Waals surface area (Å²) in [5.41, 5.74) is 0. The predicted molar refractivity (Wildman–Crippen MR) is 33.7 cm³/mol. The summed E-state index contributed by atoms with van der Waals surface area (Å²) in [6.45, 7) is 0. The van der Waals surface area contributed by atoms with Crippen LogP contribution in [0.1, 0.15) is 11.7 Å². The van der Waals surface area contributed by atoms with Crippen molar-refractivity contribution in [3.05, 3.63) is 29.7 Å². The smallest absolute Gasteiger partial charge is 0.385 e. The molecule has 0 fully saturated rings. The normalized spacial score (nSPS) is 23.0. The van der Waals surface area contributed by atoms with Gasteiger partial charge in [-0.2, -0.15) is 0 Å². The Hall–Kier alpha value is -1.78. The molecule has 12 heavy (non-hydrogen) atoms. The molecule has 1 aliphatic carbocycles. The van der Waals surface area contributed by atoms with Gasteiger partial charge in [0.1, 0.15) is 11.7 Å². The van der Waals surface area contributed by atoms with Crippen LogP contribution in [0.15, 0.2) is 42.6 Å². The largest absolute Gasteiger partial charge is 0.424 e. The first-order valence-corrected chi connectivity index (χ1v) is 3.43. The van der Waals surface area contributed by atoms with E-state index in [4.69, 9.17) is 9.31 Å². The molecule has 0 saturated carbocycles. The highest BCUT2D eigenvalue weighted by Gasteiger charge is 2.36. The zero-order valence-corrected chi connectivity index (χ0v) is 5.85. The van der Waals surface area contributed by atoms with Crippen molar-refractivity contribution in [2.75, 3.05) is 0 Å². The topological polar surface area (TPSA) is 61.8 Å². The minimum Gasteiger partial charge on any atom is -0.424 e. The third-order valence-electron chi connectivity index (χ3n) is 1.83. The van der Waals surface area contributed by atoms with E-state index in [1.54, 1.807) is 0 Å². The van der Waals surface area contributed by atoms with Crippen LogP contribution in [0.4, 0.5) is 0 Å². The van der Waals surface area contributed by atoms with Crippen molar-refractivity contribution < 1.29 is 23.4 Å². The van der Waals surface area contributed by atoms with E-state index in [-0.39, 0.29) is 11.9 Å². The van der Waals surface area contributed by atoms with Crippen LogP contribution in [0.2, 0.25) is 0 Å². The highest BCUT2D eigenvalue weighted by Crippen LogP contribution is 2.43. The van der Waals surface area contributed by atoms with Crippen LogP contribution in [0, 0.1) is 0 Å². The molecule has 0 amide bonds. The molecule has 1 aromatic heterocycles. The summed E-state index contributed by atoms with van der Waals surface area (Å²) in [6.07, 6.45) is 5.62. The van der Waals surface area contributed by atoms with Gasteiger partial charge in [0, 0.05) is 0 Å². The maximum absolute atomic E-state index is 5.22. The van der Waals surface area contributed by atoms with Crippen molar-refractivity contribution in [3.63, 3.8) is 0 Å². The van der Waals surface area contributed by atoms with Crippen molar-refractivity contribution >= 4 is 0 Å². The number of hydrogen-bond acceptors (Lipinski definition) is 5. The highest BCUT2D eigenvalue weighted by atomic mass is 17.4. The molecule has 1 atom stereocenters. The quantitative estimate of drug-likeness (QED) is 0.555. The van der Waals surface area contributed by atoms with Crippen LogP contribution >= 0.6 is 0 Å². The summed E-state index contributed by atoms with van der Waals surface area (Å²) in [4.78, 5) is 0. The van der Waals surface area contributed by atoms with Gasteiger partial charge in [-0.3, -0.25) is 0 Å². The molecule has 5 heteroatoms. The molecule has 0 bridgehead atoms. The fourth-order valence-corrected chi connectivity index (χ4v) is 1.30. The van der Waals surface area contributed by atoms with Gasteiger partial charge < -0.3 is 4.74 Å². The van der Waals surface area contributed by atoms with E-state index < -0.39 is 0 Å². The standard InChI is InChI=1S/C7H4O5/c1-2-4-5(3-1)8-7-6(4)9-11-12-10-7/h1-4H. The summed E-state index contributed by atoms with van der Waals surface area (Å²) in [7, 11) is 0. The van der Waals surface area contributed by atoms with Crippen molar-refractivity contribution in [1.82, 2.24) is 0 Å². The maximum atomic E-state index is 5.22. The minimum absolute atomic E-state index is 0.0242. The van der Waals surface area contributed by atoms with Crippen molar-refractivity contribution in [2.24, 2.45) is 0 Å². The maximum Gasteiger partial charge on any atom is 0.385 e. The van der Waals surface area contributed by atoms with Gasteiger partial charge in [-0.05, 0) is 15.5 Å².